The molecule has 0 bridgehead atoms. The van der Waals surface area contributed by atoms with E-state index < -0.39 is 0 Å². The molecule has 0 heterocycles. The normalized spacial score (nSPS) is 11.6. The first-order valence-corrected chi connectivity index (χ1v) is 25.2. The summed E-state index contributed by atoms with van der Waals surface area (Å²) >= 11 is 0. The number of aryl methyl sites for hydroxylation is 2. The van der Waals surface area contributed by atoms with Crippen LogP contribution in [0.25, 0.3) is 0 Å². The highest BCUT2D eigenvalue weighted by atomic mass is 14.1. The predicted molar refractivity (Wildman–Crippen MR) is 244 cm³/mol. The molecule has 0 amide bonds. The van der Waals surface area contributed by atoms with Gasteiger partial charge in [0, 0.05) is 0 Å². The van der Waals surface area contributed by atoms with Crippen molar-refractivity contribution in [1.82, 2.24) is 0 Å². The maximum Gasteiger partial charge on any atom is -0.0273 e. The molecule has 311 valence electrons. The second-order valence-corrected chi connectivity index (χ2v) is 17.6. The molecule has 0 aliphatic heterocycles. The first kappa shape index (κ1) is 50.2. The van der Waals surface area contributed by atoms with Crippen LogP contribution < -0.4 is 0 Å². The summed E-state index contributed by atoms with van der Waals surface area (Å²) < 4.78 is 0. The molecule has 0 atom stereocenters. The average molecular weight is 736 g/mol. The second kappa shape index (κ2) is 42.4. The minimum Gasteiger partial charge on any atom is -0.0654 e. The van der Waals surface area contributed by atoms with Crippen LogP contribution in [0.2, 0.25) is 0 Å². The zero-order valence-corrected chi connectivity index (χ0v) is 37.1. The largest absolute Gasteiger partial charge is 0.0654 e. The van der Waals surface area contributed by atoms with Crippen LogP contribution >= 0.6 is 0 Å². The smallest absolute Gasteiger partial charge is 0.0273 e. The van der Waals surface area contributed by atoms with Crippen LogP contribution in [-0.4, -0.2) is 0 Å². The SMILES string of the molecule is [CH2]CCc1c(CCCCCCCCCCCCCCCCCCCCCC)cccc1CCCCCCCCCCCCCCCCCCCCCC. The van der Waals surface area contributed by atoms with Gasteiger partial charge in [0.15, 0.2) is 0 Å². The molecule has 0 N–H and O–H groups in total. The van der Waals surface area contributed by atoms with Gasteiger partial charge in [-0.15, -0.1) is 0 Å². The van der Waals surface area contributed by atoms with E-state index in [1.165, 1.54) is 276 Å². The maximum atomic E-state index is 4.24. The Bertz CT molecular complexity index is 759. The fraction of sp³-hybridized carbons (Fsp3) is 0.868. The zero-order valence-electron chi connectivity index (χ0n) is 37.1. The van der Waals surface area contributed by atoms with E-state index in [0.717, 1.165) is 6.42 Å². The molecule has 1 rings (SSSR count). The molecule has 53 heavy (non-hydrogen) atoms. The van der Waals surface area contributed by atoms with Gasteiger partial charge in [0.2, 0.25) is 0 Å². The van der Waals surface area contributed by atoms with Crippen LogP contribution in [0.15, 0.2) is 18.2 Å². The third kappa shape index (κ3) is 34.2. The fourth-order valence-electron chi connectivity index (χ4n) is 8.80. The minimum absolute atomic E-state index is 1.03. The quantitative estimate of drug-likeness (QED) is 0.0586. The summed E-state index contributed by atoms with van der Waals surface area (Å²) in [6.07, 6.45) is 63.0. The third-order valence-electron chi connectivity index (χ3n) is 12.4. The molecule has 0 saturated heterocycles. The van der Waals surface area contributed by atoms with Gasteiger partial charge >= 0.3 is 0 Å². The monoisotopic (exact) mass is 736 g/mol. The second-order valence-electron chi connectivity index (χ2n) is 17.6. The Labute approximate surface area is 337 Å². The van der Waals surface area contributed by atoms with Crippen LogP contribution in [0.5, 0.6) is 0 Å². The van der Waals surface area contributed by atoms with Gasteiger partial charge in [0.25, 0.3) is 0 Å². The maximum absolute atomic E-state index is 4.24. The van der Waals surface area contributed by atoms with Crippen molar-refractivity contribution in [3.05, 3.63) is 41.8 Å². The number of hydrogen-bond donors (Lipinski definition) is 0. The van der Waals surface area contributed by atoms with Gasteiger partial charge < -0.3 is 0 Å². The van der Waals surface area contributed by atoms with E-state index in [-0.39, 0.29) is 0 Å². The van der Waals surface area contributed by atoms with Crippen LogP contribution in [0.1, 0.15) is 294 Å². The summed E-state index contributed by atoms with van der Waals surface area (Å²) in [5.41, 5.74) is 4.95. The van der Waals surface area contributed by atoms with E-state index in [4.69, 9.17) is 0 Å². The number of benzene rings is 1. The Morgan fingerprint density at radius 2 is 0.491 bits per heavy atom. The molecule has 0 saturated carbocycles. The number of hydrogen-bond acceptors (Lipinski definition) is 0. The Kier molecular flexibility index (Phi) is 40.2. The van der Waals surface area contributed by atoms with Crippen LogP contribution in [0.4, 0.5) is 0 Å². The van der Waals surface area contributed by atoms with E-state index in [2.05, 4.69) is 39.0 Å². The number of rotatable bonds is 44. The molecular formula is C53H99. The molecule has 0 heteroatoms. The first-order valence-electron chi connectivity index (χ1n) is 25.2. The molecule has 0 unspecified atom stereocenters. The molecule has 0 nitrogen and oxygen atoms in total. The van der Waals surface area contributed by atoms with Crippen LogP contribution in [-0.2, 0) is 19.3 Å². The van der Waals surface area contributed by atoms with Crippen molar-refractivity contribution in [2.24, 2.45) is 0 Å². The Morgan fingerprint density at radius 3 is 0.698 bits per heavy atom. The van der Waals surface area contributed by atoms with Crippen molar-refractivity contribution in [3.63, 3.8) is 0 Å². The molecule has 0 aliphatic carbocycles. The van der Waals surface area contributed by atoms with Gasteiger partial charge in [0.1, 0.15) is 0 Å². The zero-order chi connectivity index (χ0) is 38.0. The van der Waals surface area contributed by atoms with Gasteiger partial charge in [-0.2, -0.15) is 0 Å². The molecule has 1 aromatic rings. The van der Waals surface area contributed by atoms with Crippen molar-refractivity contribution in [1.29, 1.82) is 0 Å². The first-order chi connectivity index (χ1) is 26.3. The molecule has 0 fully saturated rings. The van der Waals surface area contributed by atoms with Gasteiger partial charge in [0.05, 0.1) is 0 Å². The molecule has 0 aromatic heterocycles. The van der Waals surface area contributed by atoms with Gasteiger partial charge in [-0.25, -0.2) is 0 Å². The van der Waals surface area contributed by atoms with Crippen molar-refractivity contribution >= 4 is 0 Å². The lowest BCUT2D eigenvalue weighted by Gasteiger charge is -2.15. The summed E-state index contributed by atoms with van der Waals surface area (Å²) in [7, 11) is 0. The average Bonchev–Trinajstić information content (AvgIpc) is 3.17. The molecular weight excluding hydrogens is 637 g/mol. The van der Waals surface area contributed by atoms with Crippen molar-refractivity contribution in [2.75, 3.05) is 0 Å². The standard InChI is InChI=1S/C53H99/c1-4-7-9-11-13-15-17-19-21-23-25-27-29-31-33-35-37-39-41-43-47-51-49-45-50-52(53(51)46-6-3)48-44-42-40-38-36-34-32-30-28-26-24-22-20-18-16-14-12-10-8-5-2/h45,49-50H,3-44,46-48H2,1-2H3. The van der Waals surface area contributed by atoms with Crippen LogP contribution in [0, 0.1) is 6.92 Å². The fourth-order valence-corrected chi connectivity index (χ4v) is 8.80. The van der Waals surface area contributed by atoms with E-state index in [1.807, 2.05) is 0 Å². The van der Waals surface area contributed by atoms with Gasteiger partial charge in [-0.1, -0.05) is 283 Å². The molecule has 0 aliphatic rings. The lowest BCUT2D eigenvalue weighted by atomic mass is 9.91. The Morgan fingerprint density at radius 1 is 0.283 bits per heavy atom. The summed E-state index contributed by atoms with van der Waals surface area (Å²) in [5.74, 6) is 0. The summed E-state index contributed by atoms with van der Waals surface area (Å²) in [6.45, 7) is 8.86. The third-order valence-corrected chi connectivity index (χ3v) is 12.4. The summed E-state index contributed by atoms with van der Waals surface area (Å²) in [5, 5.41) is 0. The topological polar surface area (TPSA) is 0 Å². The van der Waals surface area contributed by atoms with E-state index in [1.54, 1.807) is 16.7 Å². The number of unbranched alkanes of at least 4 members (excludes halogenated alkanes) is 38. The van der Waals surface area contributed by atoms with E-state index in [9.17, 15) is 0 Å². The lowest BCUT2D eigenvalue weighted by molar-refractivity contribution is 0.521. The lowest BCUT2D eigenvalue weighted by Crippen LogP contribution is -2.01. The Balaban J connectivity index is 1.95. The van der Waals surface area contributed by atoms with Crippen molar-refractivity contribution in [3.8, 4) is 0 Å². The van der Waals surface area contributed by atoms with E-state index >= 15 is 0 Å². The van der Waals surface area contributed by atoms with Crippen LogP contribution in [0.3, 0.4) is 0 Å². The van der Waals surface area contributed by atoms with Gasteiger partial charge in [-0.05, 0) is 55.2 Å². The highest BCUT2D eigenvalue weighted by Gasteiger charge is 2.08. The van der Waals surface area contributed by atoms with Gasteiger partial charge in [-0.3, -0.25) is 0 Å². The molecule has 1 aromatic carbocycles. The minimum atomic E-state index is 1.03. The summed E-state index contributed by atoms with van der Waals surface area (Å²) in [4.78, 5) is 0. The van der Waals surface area contributed by atoms with E-state index in [0.29, 0.717) is 0 Å². The highest BCUT2D eigenvalue weighted by molar-refractivity contribution is 5.36. The van der Waals surface area contributed by atoms with Crippen molar-refractivity contribution in [2.45, 2.75) is 296 Å². The Hall–Kier alpha value is -0.780. The molecule has 0 spiro atoms. The highest BCUT2D eigenvalue weighted by Crippen LogP contribution is 2.23. The molecule has 1 radical (unpaired) electrons. The van der Waals surface area contributed by atoms with Crippen molar-refractivity contribution < 1.29 is 0 Å². The summed E-state index contributed by atoms with van der Waals surface area (Å²) in [6, 6.07) is 7.22. The predicted octanol–water partition coefficient (Wildman–Crippen LogP) is 19.2.